The molecule has 0 fully saturated rings. The summed E-state index contributed by atoms with van der Waals surface area (Å²) < 4.78 is 4.57. The molecule has 0 unspecified atom stereocenters. The first kappa shape index (κ1) is 9.31. The first-order valence-electron chi connectivity index (χ1n) is 2.62. The van der Waals surface area contributed by atoms with Crippen LogP contribution in [0, 0.1) is 6.07 Å². The Kier molecular flexibility index (Phi) is 4.33. The van der Waals surface area contributed by atoms with Crippen molar-refractivity contribution in [1.82, 2.24) is 5.16 Å². The Morgan fingerprint density at radius 3 is 2.56 bits per heavy atom. The molecule has 1 rings (SSSR count). The van der Waals surface area contributed by atoms with Gasteiger partial charge >= 0.3 is 0 Å². The third kappa shape index (κ3) is 2.59. The number of hydrogen-bond donors (Lipinski definition) is 0. The summed E-state index contributed by atoms with van der Waals surface area (Å²) >= 11 is 0. The van der Waals surface area contributed by atoms with Crippen LogP contribution in [0.25, 0.3) is 0 Å². The first-order valence-corrected chi connectivity index (χ1v) is 2.62. The fourth-order valence-corrected chi connectivity index (χ4v) is 0.468. The molecule has 0 N–H and O–H groups in total. The van der Waals surface area contributed by atoms with Crippen molar-refractivity contribution in [2.45, 2.75) is 19.8 Å². The van der Waals surface area contributed by atoms with Crippen molar-refractivity contribution in [3.05, 3.63) is 18.0 Å². The zero-order valence-electron chi connectivity index (χ0n) is 5.59. The zero-order valence-corrected chi connectivity index (χ0v) is 8.43. The van der Waals surface area contributed by atoms with E-state index in [1.165, 1.54) is 6.26 Å². The van der Waals surface area contributed by atoms with Crippen LogP contribution in [0.15, 0.2) is 10.8 Å². The Bertz CT molecular complexity index is 148. The van der Waals surface area contributed by atoms with Gasteiger partial charge in [0.1, 0.15) is 0 Å². The fraction of sp³-hybridized carbons (Fsp3) is 0.500. The predicted molar refractivity (Wildman–Crippen MR) is 29.4 cm³/mol. The summed E-state index contributed by atoms with van der Waals surface area (Å²) in [5, 5.41) is 3.69. The smallest absolute Gasteiger partial charge is 0 e. The second-order valence-electron chi connectivity index (χ2n) is 2.00. The molecule has 0 bridgehead atoms. The van der Waals surface area contributed by atoms with E-state index in [-0.39, 0.29) is 32.7 Å². The molecule has 0 saturated heterocycles. The summed E-state index contributed by atoms with van der Waals surface area (Å²) in [5.74, 6) is 0.425. The third-order valence-corrected chi connectivity index (χ3v) is 0.957. The van der Waals surface area contributed by atoms with Gasteiger partial charge in [0.25, 0.3) is 0 Å². The molecule has 1 heterocycles. The van der Waals surface area contributed by atoms with Crippen molar-refractivity contribution in [2.24, 2.45) is 0 Å². The van der Waals surface area contributed by atoms with E-state index >= 15 is 0 Å². The molecule has 2 nitrogen and oxygen atoms in total. The van der Waals surface area contributed by atoms with E-state index < -0.39 is 0 Å². The number of aromatic nitrogens is 1. The van der Waals surface area contributed by atoms with Gasteiger partial charge in [-0.1, -0.05) is 25.8 Å². The monoisotopic (exact) mass is 199 g/mol. The van der Waals surface area contributed by atoms with Gasteiger partial charge in [-0.15, -0.1) is 5.16 Å². The SMILES string of the molecule is CC(C)c1[c-]con1.[Y]. The normalized spacial score (nSPS) is 9.22. The molecular weight excluding hydrogens is 191 g/mol. The molecular formula is C6H8NOY-. The largest absolute Gasteiger partial charge is 0.406 e. The molecule has 1 radical (unpaired) electrons. The second kappa shape index (κ2) is 4.18. The van der Waals surface area contributed by atoms with Crippen LogP contribution >= 0.6 is 0 Å². The van der Waals surface area contributed by atoms with E-state index in [0.29, 0.717) is 5.92 Å². The Morgan fingerprint density at radius 2 is 2.33 bits per heavy atom. The minimum atomic E-state index is 0. The standard InChI is InChI=1S/C6H8NO.Y/c1-5(2)6-3-4-8-7-6;/h4-5H,1-2H3;/q-1;. The van der Waals surface area contributed by atoms with Crippen molar-refractivity contribution in [3.63, 3.8) is 0 Å². The molecule has 0 aliphatic heterocycles. The molecule has 0 amide bonds. The van der Waals surface area contributed by atoms with Crippen LogP contribution in [0.3, 0.4) is 0 Å². The summed E-state index contributed by atoms with van der Waals surface area (Å²) in [6.45, 7) is 4.10. The van der Waals surface area contributed by atoms with Crippen molar-refractivity contribution < 1.29 is 37.2 Å². The maximum atomic E-state index is 4.57. The van der Waals surface area contributed by atoms with Crippen LogP contribution in [0.4, 0.5) is 0 Å². The zero-order chi connectivity index (χ0) is 5.98. The maximum Gasteiger partial charge on any atom is 0 e. The van der Waals surface area contributed by atoms with Crippen LogP contribution in [-0.2, 0) is 32.7 Å². The van der Waals surface area contributed by atoms with E-state index in [0.717, 1.165) is 5.69 Å². The Balaban J connectivity index is 0.000000640. The summed E-state index contributed by atoms with van der Waals surface area (Å²) in [6.07, 6.45) is 1.47. The molecule has 9 heavy (non-hydrogen) atoms. The van der Waals surface area contributed by atoms with Gasteiger partial charge < -0.3 is 10.6 Å². The van der Waals surface area contributed by atoms with Crippen LogP contribution in [-0.4, -0.2) is 5.16 Å². The minimum Gasteiger partial charge on any atom is -0.406 e. The maximum absolute atomic E-state index is 4.57. The average Bonchev–Trinajstić information content (AvgIpc) is 2.12. The molecule has 0 aliphatic carbocycles. The van der Waals surface area contributed by atoms with Gasteiger partial charge in [-0.2, -0.15) is 0 Å². The number of hydrogen-bond acceptors (Lipinski definition) is 2. The Labute approximate surface area is 79.9 Å². The number of rotatable bonds is 1. The van der Waals surface area contributed by atoms with Crippen molar-refractivity contribution in [3.8, 4) is 0 Å². The molecule has 1 aromatic rings. The van der Waals surface area contributed by atoms with Gasteiger partial charge in [-0.05, 0) is 5.92 Å². The molecule has 0 aliphatic rings. The quantitative estimate of drug-likeness (QED) is 0.642. The van der Waals surface area contributed by atoms with E-state index in [1.54, 1.807) is 0 Å². The van der Waals surface area contributed by atoms with Crippen LogP contribution in [0.1, 0.15) is 25.5 Å². The first-order chi connectivity index (χ1) is 3.80. The van der Waals surface area contributed by atoms with E-state index in [1.807, 2.05) is 13.8 Å². The fourth-order valence-electron chi connectivity index (χ4n) is 0.468. The molecule has 47 valence electrons. The average molecular weight is 199 g/mol. The van der Waals surface area contributed by atoms with Gasteiger partial charge in [0.2, 0.25) is 0 Å². The predicted octanol–water partition coefficient (Wildman–Crippen LogP) is 1.60. The molecule has 0 spiro atoms. The Hall–Kier alpha value is 0.314. The second-order valence-corrected chi connectivity index (χ2v) is 2.00. The summed E-state index contributed by atoms with van der Waals surface area (Å²) in [5.41, 5.74) is 0.894. The summed E-state index contributed by atoms with van der Waals surface area (Å²) in [6, 6.07) is 2.86. The van der Waals surface area contributed by atoms with E-state index in [9.17, 15) is 0 Å². The minimum absolute atomic E-state index is 0. The number of nitrogens with zero attached hydrogens (tertiary/aromatic N) is 1. The van der Waals surface area contributed by atoms with Crippen molar-refractivity contribution >= 4 is 0 Å². The van der Waals surface area contributed by atoms with Crippen molar-refractivity contribution in [1.29, 1.82) is 0 Å². The third-order valence-electron chi connectivity index (χ3n) is 0.957. The molecule has 0 saturated carbocycles. The van der Waals surface area contributed by atoms with Crippen LogP contribution in [0.2, 0.25) is 0 Å². The van der Waals surface area contributed by atoms with Gasteiger partial charge in [0, 0.05) is 32.7 Å². The molecule has 0 aromatic carbocycles. The van der Waals surface area contributed by atoms with Gasteiger partial charge in [0.15, 0.2) is 0 Å². The topological polar surface area (TPSA) is 26.0 Å². The summed E-state index contributed by atoms with van der Waals surface area (Å²) in [4.78, 5) is 0. The summed E-state index contributed by atoms with van der Waals surface area (Å²) in [7, 11) is 0. The molecule has 0 atom stereocenters. The van der Waals surface area contributed by atoms with E-state index in [2.05, 4.69) is 15.7 Å². The van der Waals surface area contributed by atoms with Crippen molar-refractivity contribution in [2.75, 3.05) is 0 Å². The van der Waals surface area contributed by atoms with Gasteiger partial charge in [-0.25, -0.2) is 0 Å². The van der Waals surface area contributed by atoms with Gasteiger partial charge in [0.05, 0.1) is 0 Å². The molecule has 1 aromatic heterocycles. The molecule has 3 heteroatoms. The van der Waals surface area contributed by atoms with Crippen LogP contribution in [0.5, 0.6) is 0 Å². The van der Waals surface area contributed by atoms with E-state index in [4.69, 9.17) is 0 Å². The van der Waals surface area contributed by atoms with Crippen LogP contribution < -0.4 is 0 Å². The van der Waals surface area contributed by atoms with Gasteiger partial charge in [-0.3, -0.25) is 0 Å². The Morgan fingerprint density at radius 1 is 1.67 bits per heavy atom.